The molecule has 3 rings (SSSR count). The third kappa shape index (κ3) is 4.88. The third-order valence-electron chi connectivity index (χ3n) is 5.14. The van der Waals surface area contributed by atoms with E-state index >= 15 is 0 Å². The summed E-state index contributed by atoms with van der Waals surface area (Å²) in [6.07, 6.45) is 0.0466. The predicted molar refractivity (Wildman–Crippen MR) is 115 cm³/mol. The number of hydrogen-bond donors (Lipinski definition) is 0. The first-order chi connectivity index (χ1) is 14.6. The fourth-order valence-electron chi connectivity index (χ4n) is 3.39. The lowest BCUT2D eigenvalue weighted by Crippen LogP contribution is -2.27. The number of methoxy groups -OCH3 is 1. The molecule has 1 heterocycles. The van der Waals surface area contributed by atoms with Gasteiger partial charge in [-0.3, -0.25) is 9.59 Å². The lowest BCUT2D eigenvalue weighted by molar-refractivity contribution is -0.149. The standard InChI is InChI=1S/C22H26N2O6S/c1-15-8-9-20(29-4)19(10-15)24-13-17(12-21(24)25)22(26)30-14-16-6-5-7-18(11-16)31(27,28)23(2)3/h5-11,17H,12-14H2,1-4H3. The minimum atomic E-state index is -3.58. The van der Waals surface area contributed by atoms with E-state index in [1.807, 2.05) is 19.1 Å². The number of carbonyl (C=O) groups is 2. The molecule has 2 aromatic rings. The van der Waals surface area contributed by atoms with Gasteiger partial charge in [0, 0.05) is 27.1 Å². The molecule has 0 spiro atoms. The van der Waals surface area contributed by atoms with Gasteiger partial charge >= 0.3 is 5.97 Å². The molecule has 1 saturated heterocycles. The van der Waals surface area contributed by atoms with Gasteiger partial charge in [0.2, 0.25) is 15.9 Å². The van der Waals surface area contributed by atoms with Crippen molar-refractivity contribution in [3.8, 4) is 5.75 Å². The van der Waals surface area contributed by atoms with E-state index in [2.05, 4.69) is 0 Å². The first-order valence-corrected chi connectivity index (χ1v) is 11.2. The van der Waals surface area contributed by atoms with Gasteiger partial charge in [-0.05, 0) is 42.3 Å². The van der Waals surface area contributed by atoms with Gasteiger partial charge in [-0.15, -0.1) is 0 Å². The first kappa shape index (κ1) is 22.8. The first-order valence-electron chi connectivity index (χ1n) is 9.76. The van der Waals surface area contributed by atoms with Crippen molar-refractivity contribution in [1.29, 1.82) is 0 Å². The summed E-state index contributed by atoms with van der Waals surface area (Å²) < 4.78 is 36.4. The van der Waals surface area contributed by atoms with Gasteiger partial charge in [0.05, 0.1) is 23.6 Å². The second kappa shape index (κ2) is 9.07. The van der Waals surface area contributed by atoms with Crippen LogP contribution in [0.25, 0.3) is 0 Å². The maximum atomic E-state index is 12.6. The summed E-state index contributed by atoms with van der Waals surface area (Å²) in [5.41, 5.74) is 2.16. The number of sulfonamides is 1. The zero-order valence-corrected chi connectivity index (χ0v) is 18.8. The second-order valence-corrected chi connectivity index (χ2v) is 9.78. The van der Waals surface area contributed by atoms with Crippen molar-refractivity contribution in [2.75, 3.05) is 32.6 Å². The molecule has 8 nitrogen and oxygen atoms in total. The van der Waals surface area contributed by atoms with Gasteiger partial charge in [-0.1, -0.05) is 18.2 Å². The van der Waals surface area contributed by atoms with Crippen LogP contribution in [0.2, 0.25) is 0 Å². The number of aryl methyl sites for hydroxylation is 1. The molecule has 1 aliphatic heterocycles. The monoisotopic (exact) mass is 446 g/mol. The highest BCUT2D eigenvalue weighted by Crippen LogP contribution is 2.34. The molecule has 1 amide bonds. The van der Waals surface area contributed by atoms with Crippen molar-refractivity contribution in [1.82, 2.24) is 4.31 Å². The molecule has 0 N–H and O–H groups in total. The van der Waals surface area contributed by atoms with E-state index in [9.17, 15) is 18.0 Å². The van der Waals surface area contributed by atoms with Gasteiger partial charge in [0.15, 0.2) is 0 Å². The predicted octanol–water partition coefficient (Wildman–Crippen LogP) is 2.35. The Bertz CT molecular complexity index is 1100. The highest BCUT2D eigenvalue weighted by Gasteiger charge is 2.37. The van der Waals surface area contributed by atoms with E-state index in [1.165, 1.54) is 33.3 Å². The lowest BCUT2D eigenvalue weighted by Gasteiger charge is -2.20. The molecule has 0 saturated carbocycles. The molecule has 0 aliphatic carbocycles. The summed E-state index contributed by atoms with van der Waals surface area (Å²) in [5, 5.41) is 0. The minimum absolute atomic E-state index is 0.0466. The van der Waals surface area contributed by atoms with Crippen LogP contribution in [0.4, 0.5) is 5.69 Å². The Labute approximate surface area is 182 Å². The van der Waals surface area contributed by atoms with Crippen LogP contribution in [0.1, 0.15) is 17.5 Å². The van der Waals surface area contributed by atoms with E-state index < -0.39 is 21.9 Å². The number of hydrogen-bond acceptors (Lipinski definition) is 6. The summed E-state index contributed by atoms with van der Waals surface area (Å²) >= 11 is 0. The largest absolute Gasteiger partial charge is 0.495 e. The Balaban J connectivity index is 1.68. The van der Waals surface area contributed by atoms with E-state index in [4.69, 9.17) is 9.47 Å². The summed E-state index contributed by atoms with van der Waals surface area (Å²) in [5.74, 6) is -0.716. The van der Waals surface area contributed by atoms with Gasteiger partial charge < -0.3 is 14.4 Å². The molecule has 2 aromatic carbocycles. The smallest absolute Gasteiger partial charge is 0.311 e. The molecule has 1 atom stereocenters. The minimum Gasteiger partial charge on any atom is -0.495 e. The zero-order valence-electron chi connectivity index (χ0n) is 18.0. The van der Waals surface area contributed by atoms with Crippen LogP contribution in [0.5, 0.6) is 5.75 Å². The third-order valence-corrected chi connectivity index (χ3v) is 6.95. The van der Waals surface area contributed by atoms with Crippen LogP contribution in [0.15, 0.2) is 47.4 Å². The van der Waals surface area contributed by atoms with Crippen LogP contribution in [-0.2, 0) is 31.0 Å². The summed E-state index contributed by atoms with van der Waals surface area (Å²) in [6, 6.07) is 11.8. The number of benzene rings is 2. The molecule has 31 heavy (non-hydrogen) atoms. The second-order valence-electron chi connectivity index (χ2n) is 7.62. The van der Waals surface area contributed by atoms with Gasteiger partial charge in [0.25, 0.3) is 0 Å². The number of amides is 1. The topological polar surface area (TPSA) is 93.2 Å². The average Bonchev–Trinajstić information content (AvgIpc) is 3.13. The normalized spacial score (nSPS) is 16.6. The number of rotatable bonds is 7. The molecule has 9 heteroatoms. The molecule has 1 aliphatic rings. The number of ether oxygens (including phenoxy) is 2. The highest BCUT2D eigenvalue weighted by molar-refractivity contribution is 7.89. The molecule has 166 valence electrons. The fraction of sp³-hybridized carbons (Fsp3) is 0.364. The van der Waals surface area contributed by atoms with Crippen LogP contribution in [0.3, 0.4) is 0 Å². The van der Waals surface area contributed by atoms with E-state index in [-0.39, 0.29) is 30.4 Å². The molecule has 1 unspecified atom stereocenters. The lowest BCUT2D eigenvalue weighted by atomic mass is 10.1. The molecular formula is C22H26N2O6S. The summed E-state index contributed by atoms with van der Waals surface area (Å²) in [7, 11) is 0.858. The molecule has 0 aromatic heterocycles. The maximum absolute atomic E-state index is 12.6. The highest BCUT2D eigenvalue weighted by atomic mass is 32.2. The van der Waals surface area contributed by atoms with Crippen LogP contribution in [-0.4, -0.2) is 52.3 Å². The van der Waals surface area contributed by atoms with Crippen molar-refractivity contribution in [3.63, 3.8) is 0 Å². The molecule has 0 radical (unpaired) electrons. The molecular weight excluding hydrogens is 420 g/mol. The fourth-order valence-corrected chi connectivity index (χ4v) is 4.36. The van der Waals surface area contributed by atoms with Crippen LogP contribution in [0, 0.1) is 12.8 Å². The Morgan fingerprint density at radius 1 is 1.19 bits per heavy atom. The van der Waals surface area contributed by atoms with Crippen LogP contribution >= 0.6 is 0 Å². The van der Waals surface area contributed by atoms with Crippen molar-refractivity contribution in [2.45, 2.75) is 24.8 Å². The average molecular weight is 447 g/mol. The van der Waals surface area contributed by atoms with Crippen LogP contribution < -0.4 is 9.64 Å². The van der Waals surface area contributed by atoms with E-state index in [0.29, 0.717) is 17.0 Å². The van der Waals surface area contributed by atoms with Crippen molar-refractivity contribution in [2.24, 2.45) is 5.92 Å². The van der Waals surface area contributed by atoms with E-state index in [1.54, 1.807) is 23.1 Å². The quantitative estimate of drug-likeness (QED) is 0.606. The SMILES string of the molecule is COc1ccc(C)cc1N1CC(C(=O)OCc2cccc(S(=O)(=O)N(C)C)c2)CC1=O. The number of anilines is 1. The van der Waals surface area contributed by atoms with Gasteiger partial charge in [0.1, 0.15) is 12.4 Å². The van der Waals surface area contributed by atoms with E-state index in [0.717, 1.165) is 9.87 Å². The van der Waals surface area contributed by atoms with Crippen molar-refractivity contribution < 1.29 is 27.5 Å². The Morgan fingerprint density at radius 3 is 2.61 bits per heavy atom. The number of esters is 1. The maximum Gasteiger partial charge on any atom is 0.311 e. The Morgan fingerprint density at radius 2 is 1.94 bits per heavy atom. The summed E-state index contributed by atoms with van der Waals surface area (Å²) in [6.45, 7) is 2.04. The number of carbonyl (C=O) groups excluding carboxylic acids is 2. The van der Waals surface area contributed by atoms with Crippen molar-refractivity contribution >= 4 is 27.6 Å². The molecule has 1 fully saturated rings. The van der Waals surface area contributed by atoms with Crippen molar-refractivity contribution in [3.05, 3.63) is 53.6 Å². The zero-order chi connectivity index (χ0) is 22.8. The Kier molecular flexibility index (Phi) is 6.66. The Hall–Kier alpha value is -2.91. The summed E-state index contributed by atoms with van der Waals surface area (Å²) in [4.78, 5) is 26.8. The van der Waals surface area contributed by atoms with Gasteiger partial charge in [-0.2, -0.15) is 0 Å². The number of nitrogens with zero attached hydrogens (tertiary/aromatic N) is 2. The molecule has 0 bridgehead atoms. The van der Waals surface area contributed by atoms with Gasteiger partial charge in [-0.25, -0.2) is 12.7 Å².